The van der Waals surface area contributed by atoms with E-state index < -0.39 is 0 Å². The third-order valence-corrected chi connectivity index (χ3v) is 3.51. The molecule has 0 radical (unpaired) electrons. The summed E-state index contributed by atoms with van der Waals surface area (Å²) < 4.78 is 6.40. The van der Waals surface area contributed by atoms with Crippen molar-refractivity contribution in [1.82, 2.24) is 5.32 Å². The van der Waals surface area contributed by atoms with Gasteiger partial charge in [-0.1, -0.05) is 29.3 Å². The Kier molecular flexibility index (Phi) is 6.87. The second kappa shape index (κ2) is 8.17. The maximum Gasteiger partial charge on any atom is 0.258 e. The Balaban J connectivity index is 2.46. The molecular weight excluding hydrogens is 308 g/mol. The number of ether oxygens (including phenoxy) is 1. The number of halogens is 1. The van der Waals surface area contributed by atoms with Gasteiger partial charge in [0, 0.05) is 17.1 Å². The zero-order chi connectivity index (χ0) is 14.3. The molecule has 1 atom stereocenters. The number of carbonyl (C=O) groups excluding carboxylic acids is 1. The van der Waals surface area contributed by atoms with Crippen molar-refractivity contribution in [3.05, 3.63) is 28.2 Å². The SMILES string of the molecule is CCCC(C)NC(=O)COc1ccc(Br)c(CN)c1. The van der Waals surface area contributed by atoms with E-state index in [2.05, 4.69) is 28.2 Å². The number of benzene rings is 1. The molecule has 1 rings (SSSR count). The fourth-order valence-corrected chi connectivity index (χ4v) is 2.18. The first-order valence-electron chi connectivity index (χ1n) is 6.47. The minimum absolute atomic E-state index is 0.0275. The Bertz CT molecular complexity index is 424. The lowest BCUT2D eigenvalue weighted by Crippen LogP contribution is -2.35. The van der Waals surface area contributed by atoms with E-state index in [1.807, 2.05) is 25.1 Å². The minimum Gasteiger partial charge on any atom is -0.484 e. The van der Waals surface area contributed by atoms with Crippen LogP contribution >= 0.6 is 15.9 Å². The lowest BCUT2D eigenvalue weighted by Gasteiger charge is -2.13. The number of hydrogen-bond acceptors (Lipinski definition) is 3. The van der Waals surface area contributed by atoms with Gasteiger partial charge in [-0.15, -0.1) is 0 Å². The van der Waals surface area contributed by atoms with Gasteiger partial charge in [-0.2, -0.15) is 0 Å². The van der Waals surface area contributed by atoms with Gasteiger partial charge in [-0.25, -0.2) is 0 Å². The van der Waals surface area contributed by atoms with E-state index in [1.165, 1.54) is 0 Å². The van der Waals surface area contributed by atoms with Crippen LogP contribution in [0.4, 0.5) is 0 Å². The largest absolute Gasteiger partial charge is 0.484 e. The average Bonchev–Trinajstić information content (AvgIpc) is 2.38. The second-order valence-corrected chi connectivity index (χ2v) is 5.36. The van der Waals surface area contributed by atoms with Crippen LogP contribution in [0, 0.1) is 0 Å². The Labute approximate surface area is 122 Å². The van der Waals surface area contributed by atoms with E-state index in [4.69, 9.17) is 10.5 Å². The van der Waals surface area contributed by atoms with E-state index in [0.717, 1.165) is 22.9 Å². The highest BCUT2D eigenvalue weighted by Gasteiger charge is 2.08. The lowest BCUT2D eigenvalue weighted by molar-refractivity contribution is -0.123. The summed E-state index contributed by atoms with van der Waals surface area (Å²) in [5.74, 6) is 0.556. The molecule has 1 amide bonds. The average molecular weight is 329 g/mol. The van der Waals surface area contributed by atoms with Gasteiger partial charge in [-0.05, 0) is 37.1 Å². The van der Waals surface area contributed by atoms with Crippen LogP contribution in [0.5, 0.6) is 5.75 Å². The number of rotatable bonds is 7. The first-order valence-corrected chi connectivity index (χ1v) is 7.26. The molecule has 0 aromatic heterocycles. The van der Waals surface area contributed by atoms with Crippen LogP contribution in [0.15, 0.2) is 22.7 Å². The molecule has 19 heavy (non-hydrogen) atoms. The predicted octanol–water partition coefficient (Wildman–Crippen LogP) is 2.59. The number of nitrogens with one attached hydrogen (secondary N) is 1. The summed E-state index contributed by atoms with van der Waals surface area (Å²) in [4.78, 5) is 11.7. The molecule has 0 saturated heterocycles. The standard InChI is InChI=1S/C14H21BrN2O2/c1-3-4-10(2)17-14(18)9-19-12-5-6-13(15)11(7-12)8-16/h5-7,10H,3-4,8-9,16H2,1-2H3,(H,17,18). The zero-order valence-electron chi connectivity index (χ0n) is 11.4. The van der Waals surface area contributed by atoms with Gasteiger partial charge >= 0.3 is 0 Å². The van der Waals surface area contributed by atoms with Gasteiger partial charge in [0.2, 0.25) is 0 Å². The first kappa shape index (κ1) is 16.0. The van der Waals surface area contributed by atoms with Crippen molar-refractivity contribution in [2.75, 3.05) is 6.61 Å². The van der Waals surface area contributed by atoms with E-state index in [-0.39, 0.29) is 18.6 Å². The van der Waals surface area contributed by atoms with Crippen molar-refractivity contribution in [3.63, 3.8) is 0 Å². The van der Waals surface area contributed by atoms with E-state index >= 15 is 0 Å². The second-order valence-electron chi connectivity index (χ2n) is 4.50. The molecule has 0 spiro atoms. The number of amides is 1. The first-order chi connectivity index (χ1) is 9.06. The number of hydrogen-bond donors (Lipinski definition) is 2. The molecule has 1 aromatic carbocycles. The number of nitrogens with two attached hydrogens (primary N) is 1. The van der Waals surface area contributed by atoms with E-state index in [1.54, 1.807) is 0 Å². The Morgan fingerprint density at radius 3 is 2.89 bits per heavy atom. The summed E-state index contributed by atoms with van der Waals surface area (Å²) in [6.07, 6.45) is 2.02. The highest BCUT2D eigenvalue weighted by molar-refractivity contribution is 9.10. The Hall–Kier alpha value is -1.07. The smallest absolute Gasteiger partial charge is 0.258 e. The van der Waals surface area contributed by atoms with Crippen molar-refractivity contribution in [3.8, 4) is 5.75 Å². The monoisotopic (exact) mass is 328 g/mol. The van der Waals surface area contributed by atoms with Gasteiger partial charge in [0.1, 0.15) is 5.75 Å². The van der Waals surface area contributed by atoms with Crippen molar-refractivity contribution in [2.24, 2.45) is 5.73 Å². The maximum absolute atomic E-state index is 11.7. The van der Waals surface area contributed by atoms with Crippen molar-refractivity contribution in [1.29, 1.82) is 0 Å². The number of carbonyl (C=O) groups is 1. The molecule has 1 unspecified atom stereocenters. The Morgan fingerprint density at radius 2 is 2.26 bits per heavy atom. The van der Waals surface area contributed by atoms with Crippen LogP contribution in [0.3, 0.4) is 0 Å². The molecule has 5 heteroatoms. The molecule has 106 valence electrons. The summed E-state index contributed by atoms with van der Waals surface area (Å²) in [7, 11) is 0. The van der Waals surface area contributed by atoms with Crippen LogP contribution in [-0.4, -0.2) is 18.6 Å². The minimum atomic E-state index is -0.0989. The van der Waals surface area contributed by atoms with Crippen molar-refractivity contribution >= 4 is 21.8 Å². The molecule has 0 heterocycles. The van der Waals surface area contributed by atoms with E-state index in [9.17, 15) is 4.79 Å². The molecule has 0 aliphatic rings. The molecule has 0 aliphatic heterocycles. The third kappa shape index (κ3) is 5.61. The molecule has 1 aromatic rings. The van der Waals surface area contributed by atoms with Gasteiger partial charge in [-0.3, -0.25) is 4.79 Å². The summed E-state index contributed by atoms with van der Waals surface area (Å²) in [5, 5.41) is 2.89. The molecule has 0 bridgehead atoms. The third-order valence-electron chi connectivity index (χ3n) is 2.74. The van der Waals surface area contributed by atoms with Gasteiger partial charge in [0.25, 0.3) is 5.91 Å². The van der Waals surface area contributed by atoms with Crippen LogP contribution in [-0.2, 0) is 11.3 Å². The molecule has 3 N–H and O–H groups in total. The fourth-order valence-electron chi connectivity index (χ4n) is 1.77. The highest BCUT2D eigenvalue weighted by atomic mass is 79.9. The zero-order valence-corrected chi connectivity index (χ0v) is 13.0. The predicted molar refractivity (Wildman–Crippen MR) is 80.0 cm³/mol. The maximum atomic E-state index is 11.7. The van der Waals surface area contributed by atoms with Gasteiger partial charge in [0.05, 0.1) is 0 Å². The molecule has 0 saturated carbocycles. The highest BCUT2D eigenvalue weighted by Crippen LogP contribution is 2.22. The molecule has 0 fully saturated rings. The summed E-state index contributed by atoms with van der Waals surface area (Å²) >= 11 is 3.41. The van der Waals surface area contributed by atoms with Gasteiger partial charge < -0.3 is 15.8 Å². The normalized spacial score (nSPS) is 12.0. The topological polar surface area (TPSA) is 64.3 Å². The van der Waals surface area contributed by atoms with Gasteiger partial charge in [0.15, 0.2) is 6.61 Å². The summed E-state index contributed by atoms with van der Waals surface area (Å²) in [6, 6.07) is 5.71. The van der Waals surface area contributed by atoms with Crippen LogP contribution < -0.4 is 15.8 Å². The van der Waals surface area contributed by atoms with E-state index in [0.29, 0.717) is 12.3 Å². The van der Waals surface area contributed by atoms with Crippen LogP contribution in [0.2, 0.25) is 0 Å². The van der Waals surface area contributed by atoms with Crippen molar-refractivity contribution in [2.45, 2.75) is 39.3 Å². The Morgan fingerprint density at radius 1 is 1.53 bits per heavy atom. The van der Waals surface area contributed by atoms with Crippen molar-refractivity contribution < 1.29 is 9.53 Å². The summed E-state index contributed by atoms with van der Waals surface area (Å²) in [6.45, 7) is 4.54. The van der Waals surface area contributed by atoms with Crippen LogP contribution in [0.1, 0.15) is 32.3 Å². The molecular formula is C14H21BrN2O2. The lowest BCUT2D eigenvalue weighted by atomic mass is 10.2. The quantitative estimate of drug-likeness (QED) is 0.808. The fraction of sp³-hybridized carbons (Fsp3) is 0.500. The molecule has 0 aliphatic carbocycles. The summed E-state index contributed by atoms with van der Waals surface area (Å²) in [5.41, 5.74) is 6.57. The molecule has 4 nitrogen and oxygen atoms in total. The van der Waals surface area contributed by atoms with Crippen LogP contribution in [0.25, 0.3) is 0 Å².